The van der Waals surface area contributed by atoms with E-state index in [0.29, 0.717) is 39.9 Å². The van der Waals surface area contributed by atoms with Gasteiger partial charge in [0, 0.05) is 45.2 Å². The van der Waals surface area contributed by atoms with E-state index in [2.05, 4.69) is 10.1 Å². The standard InChI is InChI=1S/C29H16F7N3/c30-18-7-8-25-17(10-18)11-26(37-25)15-3-1-4-16(9-15)28-20-5-2-6-22(29(34,35)36)27(20)38-39(28)14-21-23(32)12-19(31)13-24(21)33/h1-13,37H,14H2. The van der Waals surface area contributed by atoms with Crippen molar-refractivity contribution in [1.29, 1.82) is 0 Å². The van der Waals surface area contributed by atoms with Crippen molar-refractivity contribution in [3.63, 3.8) is 0 Å². The second-order valence-electron chi connectivity index (χ2n) is 9.05. The van der Waals surface area contributed by atoms with Crippen LogP contribution in [0.25, 0.3) is 44.3 Å². The van der Waals surface area contributed by atoms with Gasteiger partial charge in [-0.25, -0.2) is 17.6 Å². The molecule has 0 aliphatic rings. The quantitative estimate of drug-likeness (QED) is 0.224. The van der Waals surface area contributed by atoms with Gasteiger partial charge >= 0.3 is 6.18 Å². The third-order valence-corrected chi connectivity index (χ3v) is 6.52. The van der Waals surface area contributed by atoms with Crippen LogP contribution in [-0.4, -0.2) is 14.8 Å². The zero-order valence-electron chi connectivity index (χ0n) is 19.8. The number of hydrogen-bond donors (Lipinski definition) is 1. The summed E-state index contributed by atoms with van der Waals surface area (Å²) in [5, 5.41) is 4.86. The predicted octanol–water partition coefficient (Wildman–Crippen LogP) is 8.48. The van der Waals surface area contributed by atoms with Crippen LogP contribution in [0, 0.1) is 23.3 Å². The summed E-state index contributed by atoms with van der Waals surface area (Å²) >= 11 is 0. The Kier molecular flexibility index (Phi) is 5.71. The van der Waals surface area contributed by atoms with Gasteiger partial charge < -0.3 is 4.98 Å². The van der Waals surface area contributed by atoms with Crippen molar-refractivity contribution in [2.75, 3.05) is 0 Å². The summed E-state index contributed by atoms with van der Waals surface area (Å²) in [7, 11) is 0. The molecule has 0 aliphatic heterocycles. The lowest BCUT2D eigenvalue weighted by Crippen LogP contribution is -2.09. The Morgan fingerprint density at radius 1 is 0.744 bits per heavy atom. The average Bonchev–Trinajstić information content (AvgIpc) is 3.46. The number of hydrogen-bond acceptors (Lipinski definition) is 1. The molecular formula is C29H16F7N3. The Hall–Kier alpha value is -4.60. The maximum atomic E-state index is 14.5. The third kappa shape index (κ3) is 4.41. The number of alkyl halides is 3. The van der Waals surface area contributed by atoms with Crippen molar-refractivity contribution in [2.45, 2.75) is 12.7 Å². The maximum absolute atomic E-state index is 14.5. The van der Waals surface area contributed by atoms with E-state index in [9.17, 15) is 30.7 Å². The molecule has 0 atom stereocenters. The van der Waals surface area contributed by atoms with Gasteiger partial charge in [-0.2, -0.15) is 18.3 Å². The van der Waals surface area contributed by atoms with E-state index < -0.39 is 52.6 Å². The number of halogens is 7. The van der Waals surface area contributed by atoms with Crippen LogP contribution in [0.2, 0.25) is 0 Å². The van der Waals surface area contributed by atoms with E-state index in [-0.39, 0.29) is 11.1 Å². The predicted molar refractivity (Wildman–Crippen MR) is 133 cm³/mol. The monoisotopic (exact) mass is 539 g/mol. The summed E-state index contributed by atoms with van der Waals surface area (Å²) in [6.45, 7) is -0.588. The minimum atomic E-state index is -4.73. The van der Waals surface area contributed by atoms with Crippen molar-refractivity contribution in [3.05, 3.63) is 113 Å². The second-order valence-corrected chi connectivity index (χ2v) is 9.05. The zero-order valence-corrected chi connectivity index (χ0v) is 19.8. The maximum Gasteiger partial charge on any atom is 0.418 e. The number of H-pyrrole nitrogens is 1. The van der Waals surface area contributed by atoms with E-state index in [1.165, 1.54) is 24.3 Å². The molecule has 39 heavy (non-hydrogen) atoms. The molecule has 6 rings (SSSR count). The molecule has 6 aromatic rings. The van der Waals surface area contributed by atoms with E-state index in [1.54, 1.807) is 36.4 Å². The Morgan fingerprint density at radius 2 is 1.46 bits per heavy atom. The summed E-state index contributed by atoms with van der Waals surface area (Å²) in [4.78, 5) is 3.18. The topological polar surface area (TPSA) is 33.6 Å². The van der Waals surface area contributed by atoms with Crippen LogP contribution in [0.4, 0.5) is 30.7 Å². The van der Waals surface area contributed by atoms with E-state index in [0.717, 1.165) is 10.7 Å². The smallest absolute Gasteiger partial charge is 0.355 e. The van der Waals surface area contributed by atoms with E-state index in [4.69, 9.17) is 0 Å². The van der Waals surface area contributed by atoms with Gasteiger partial charge in [0.2, 0.25) is 0 Å². The molecule has 0 bridgehead atoms. The number of fused-ring (bicyclic) bond motifs is 2. The molecule has 10 heteroatoms. The third-order valence-electron chi connectivity index (χ3n) is 6.52. The first-order valence-corrected chi connectivity index (χ1v) is 11.7. The van der Waals surface area contributed by atoms with Crippen LogP contribution in [0.5, 0.6) is 0 Å². The molecule has 4 aromatic carbocycles. The summed E-state index contributed by atoms with van der Waals surface area (Å²) in [6.07, 6.45) is -4.73. The molecular weight excluding hydrogens is 523 g/mol. The Bertz CT molecular complexity index is 1860. The van der Waals surface area contributed by atoms with Crippen molar-refractivity contribution in [3.8, 4) is 22.5 Å². The number of nitrogens with zero attached hydrogens (tertiary/aromatic N) is 2. The van der Waals surface area contributed by atoms with E-state index >= 15 is 0 Å². The molecule has 2 heterocycles. The molecule has 2 aromatic heterocycles. The van der Waals surface area contributed by atoms with Gasteiger partial charge in [0.25, 0.3) is 0 Å². The minimum absolute atomic E-state index is 0.114. The molecule has 1 N–H and O–H groups in total. The fourth-order valence-corrected chi connectivity index (χ4v) is 4.77. The minimum Gasteiger partial charge on any atom is -0.355 e. The largest absolute Gasteiger partial charge is 0.418 e. The fourth-order valence-electron chi connectivity index (χ4n) is 4.77. The molecule has 0 radical (unpaired) electrons. The number of rotatable bonds is 4. The zero-order chi connectivity index (χ0) is 27.5. The molecule has 0 amide bonds. The highest BCUT2D eigenvalue weighted by atomic mass is 19.4. The molecule has 0 aliphatic carbocycles. The summed E-state index contributed by atoms with van der Waals surface area (Å²) in [6, 6.07) is 17.3. The van der Waals surface area contributed by atoms with Gasteiger partial charge in [-0.15, -0.1) is 0 Å². The fraction of sp³-hybridized carbons (Fsp3) is 0.0690. The van der Waals surface area contributed by atoms with Crippen molar-refractivity contribution in [2.24, 2.45) is 0 Å². The number of benzene rings is 4. The lowest BCUT2D eigenvalue weighted by Gasteiger charge is -2.11. The molecule has 0 fully saturated rings. The van der Waals surface area contributed by atoms with Gasteiger partial charge in [-0.05, 0) is 42.0 Å². The van der Waals surface area contributed by atoms with Crippen molar-refractivity contribution in [1.82, 2.24) is 14.8 Å². The summed E-state index contributed by atoms with van der Waals surface area (Å²) in [5.41, 5.74) is 0.598. The van der Waals surface area contributed by atoms with Gasteiger partial charge in [-0.1, -0.05) is 30.3 Å². The Labute approximate surface area is 216 Å². The summed E-state index contributed by atoms with van der Waals surface area (Å²) in [5.74, 6) is -3.90. The highest BCUT2D eigenvalue weighted by Crippen LogP contribution is 2.39. The molecule has 3 nitrogen and oxygen atoms in total. The van der Waals surface area contributed by atoms with Crippen LogP contribution in [0.15, 0.2) is 78.9 Å². The van der Waals surface area contributed by atoms with Crippen molar-refractivity contribution < 1.29 is 30.7 Å². The average molecular weight is 539 g/mol. The first kappa shape index (κ1) is 24.7. The van der Waals surface area contributed by atoms with E-state index in [1.807, 2.05) is 0 Å². The number of aromatic amines is 1. The SMILES string of the molecule is Fc1cc(F)c(Cn2nc3c(C(F)(F)F)cccc3c2-c2cccc(-c3cc4cc(F)ccc4[nH]3)c2)c(F)c1. The van der Waals surface area contributed by atoms with Crippen LogP contribution in [-0.2, 0) is 12.7 Å². The lowest BCUT2D eigenvalue weighted by atomic mass is 10.0. The Morgan fingerprint density at radius 3 is 2.21 bits per heavy atom. The van der Waals surface area contributed by atoms with Crippen molar-refractivity contribution >= 4 is 21.8 Å². The second kappa shape index (κ2) is 9.00. The number of nitrogens with one attached hydrogen (secondary N) is 1. The molecule has 196 valence electrons. The lowest BCUT2D eigenvalue weighted by molar-refractivity contribution is -0.136. The van der Waals surface area contributed by atoms with Crippen LogP contribution in [0.3, 0.4) is 0 Å². The van der Waals surface area contributed by atoms with Gasteiger partial charge in [0.1, 0.15) is 28.8 Å². The first-order valence-electron chi connectivity index (χ1n) is 11.7. The molecule has 0 saturated carbocycles. The highest BCUT2D eigenvalue weighted by molar-refractivity contribution is 5.96. The van der Waals surface area contributed by atoms with Crippen LogP contribution >= 0.6 is 0 Å². The van der Waals surface area contributed by atoms with Crippen LogP contribution in [0.1, 0.15) is 11.1 Å². The Balaban J connectivity index is 1.56. The van der Waals surface area contributed by atoms with Gasteiger partial charge in [0.05, 0.1) is 17.8 Å². The molecule has 0 saturated heterocycles. The van der Waals surface area contributed by atoms with Crippen LogP contribution < -0.4 is 0 Å². The highest BCUT2D eigenvalue weighted by Gasteiger charge is 2.34. The summed E-state index contributed by atoms with van der Waals surface area (Å²) < 4.78 is 98.8. The normalized spacial score (nSPS) is 12.1. The molecule has 0 spiro atoms. The van der Waals surface area contributed by atoms with Gasteiger partial charge in [-0.3, -0.25) is 4.68 Å². The van der Waals surface area contributed by atoms with Gasteiger partial charge in [0.15, 0.2) is 0 Å². The molecule has 0 unspecified atom stereocenters. The first-order chi connectivity index (χ1) is 18.6. The number of aromatic nitrogens is 3.